The molecule has 4 heterocycles. The molecule has 1 aliphatic carbocycles. The Kier molecular flexibility index (Phi) is 9.49. The molecule has 0 atom stereocenters. The smallest absolute Gasteiger partial charge is 0.137 e. The van der Waals surface area contributed by atoms with Crippen molar-refractivity contribution in [3.63, 3.8) is 0 Å². The first-order chi connectivity index (χ1) is 32.9. The Hall–Kier alpha value is -7.96. The van der Waals surface area contributed by atoms with Crippen LogP contribution in [0.15, 0.2) is 182 Å². The Morgan fingerprint density at radius 2 is 1.24 bits per heavy atom. The maximum atomic E-state index is 7.08. The molecule has 0 N–H and O–H groups in total. The van der Waals surface area contributed by atoms with Crippen LogP contribution in [0.3, 0.4) is 0 Å². The molecule has 0 amide bonds. The van der Waals surface area contributed by atoms with E-state index in [0.717, 1.165) is 73.3 Å². The van der Waals surface area contributed by atoms with Crippen molar-refractivity contribution in [2.75, 3.05) is 16.5 Å². The molecule has 0 radical (unpaired) electrons. The maximum absolute atomic E-state index is 7.08. The molecule has 0 unspecified atom stereocenters. The Morgan fingerprint density at radius 1 is 0.544 bits per heavy atom. The van der Waals surface area contributed by atoms with Crippen molar-refractivity contribution >= 4 is 44.6 Å². The number of benzene rings is 7. The predicted octanol–water partition coefficient (Wildman–Crippen LogP) is 16.2. The number of aromatic nitrogens is 3. The molecule has 332 valence electrons. The first kappa shape index (κ1) is 41.5. The highest BCUT2D eigenvalue weighted by molar-refractivity contribution is 6.09. The van der Waals surface area contributed by atoms with Gasteiger partial charge in [-0.1, -0.05) is 132 Å². The van der Waals surface area contributed by atoms with Crippen LogP contribution in [0.1, 0.15) is 62.7 Å². The van der Waals surface area contributed by atoms with Gasteiger partial charge in [-0.15, -0.1) is 0 Å². The van der Waals surface area contributed by atoms with Crippen LogP contribution in [0, 0.1) is 13.8 Å². The van der Waals surface area contributed by atoms with Crippen LogP contribution in [0.25, 0.3) is 61.0 Å². The van der Waals surface area contributed by atoms with Crippen LogP contribution < -0.4 is 14.5 Å². The Bertz CT molecular complexity index is 3610. The van der Waals surface area contributed by atoms with Crippen molar-refractivity contribution < 1.29 is 4.74 Å². The van der Waals surface area contributed by atoms with Gasteiger partial charge >= 0.3 is 0 Å². The van der Waals surface area contributed by atoms with E-state index >= 15 is 0 Å². The summed E-state index contributed by atoms with van der Waals surface area (Å²) in [6, 6.07) is 63.8. The second-order valence-corrected chi connectivity index (χ2v) is 20.0. The molecule has 7 aromatic carbocycles. The summed E-state index contributed by atoms with van der Waals surface area (Å²) in [5.74, 6) is 2.38. The van der Waals surface area contributed by atoms with E-state index in [1.54, 1.807) is 0 Å². The number of anilines is 4. The van der Waals surface area contributed by atoms with E-state index in [0.29, 0.717) is 6.67 Å². The van der Waals surface area contributed by atoms with Gasteiger partial charge in [0.1, 0.15) is 24.0 Å². The van der Waals surface area contributed by atoms with Crippen molar-refractivity contribution in [3.8, 4) is 50.7 Å². The van der Waals surface area contributed by atoms with Crippen LogP contribution in [-0.4, -0.2) is 21.2 Å². The van der Waals surface area contributed by atoms with E-state index in [1.807, 2.05) is 6.20 Å². The maximum Gasteiger partial charge on any atom is 0.137 e. The third kappa shape index (κ3) is 6.77. The fourth-order valence-electron chi connectivity index (χ4n) is 10.9. The largest absolute Gasteiger partial charge is 0.457 e. The lowest BCUT2D eigenvalue weighted by molar-refractivity contribution is 0.483. The fourth-order valence-corrected chi connectivity index (χ4v) is 10.9. The van der Waals surface area contributed by atoms with E-state index in [4.69, 9.17) is 14.7 Å². The van der Waals surface area contributed by atoms with Crippen LogP contribution in [-0.2, 0) is 10.8 Å². The molecule has 0 saturated carbocycles. The zero-order valence-corrected chi connectivity index (χ0v) is 39.7. The van der Waals surface area contributed by atoms with Crippen molar-refractivity contribution in [1.29, 1.82) is 0 Å². The highest BCUT2D eigenvalue weighted by Gasteiger charge is 2.40. The van der Waals surface area contributed by atoms with Crippen LogP contribution in [0.4, 0.5) is 22.7 Å². The van der Waals surface area contributed by atoms with Gasteiger partial charge in [-0.25, -0.2) is 4.98 Å². The van der Waals surface area contributed by atoms with Crippen LogP contribution in [0.5, 0.6) is 11.5 Å². The van der Waals surface area contributed by atoms with Crippen molar-refractivity contribution in [2.24, 2.45) is 0 Å². The second kappa shape index (κ2) is 15.6. The number of fused-ring (bicyclic) bond motifs is 7. The number of para-hydroxylation sites is 3. The average Bonchev–Trinajstić information content (AvgIpc) is 3.96. The summed E-state index contributed by atoms with van der Waals surface area (Å²) in [6.07, 6.45) is 1.93. The summed E-state index contributed by atoms with van der Waals surface area (Å²) in [6.45, 7) is 16.2. The molecule has 0 fully saturated rings. The lowest BCUT2D eigenvalue weighted by Gasteiger charge is -2.29. The van der Waals surface area contributed by atoms with Gasteiger partial charge in [-0.2, -0.15) is 0 Å². The van der Waals surface area contributed by atoms with E-state index in [1.165, 1.54) is 50.0 Å². The topological polar surface area (TPSA) is 46.4 Å². The van der Waals surface area contributed by atoms with Gasteiger partial charge < -0.3 is 14.5 Å². The molecule has 0 bridgehead atoms. The first-order valence-corrected chi connectivity index (χ1v) is 23.7. The van der Waals surface area contributed by atoms with Gasteiger partial charge in [-0.3, -0.25) is 9.55 Å². The monoisotopic (exact) mass is 883 g/mol. The van der Waals surface area contributed by atoms with Gasteiger partial charge in [0, 0.05) is 62.7 Å². The zero-order chi connectivity index (χ0) is 46.5. The number of ether oxygens (including phenoxy) is 1. The van der Waals surface area contributed by atoms with Crippen molar-refractivity contribution in [1.82, 2.24) is 14.5 Å². The summed E-state index contributed by atoms with van der Waals surface area (Å²) in [7, 11) is 0. The second-order valence-electron chi connectivity index (χ2n) is 20.0. The van der Waals surface area contributed by atoms with Gasteiger partial charge in [-0.05, 0) is 125 Å². The minimum atomic E-state index is -0.152. The number of aryl methyl sites for hydroxylation is 2. The van der Waals surface area contributed by atoms with Crippen LogP contribution >= 0.6 is 0 Å². The third-order valence-corrected chi connectivity index (χ3v) is 14.2. The lowest BCUT2D eigenvalue weighted by atomic mass is 9.82. The van der Waals surface area contributed by atoms with E-state index < -0.39 is 0 Å². The predicted molar refractivity (Wildman–Crippen MR) is 282 cm³/mol. The lowest BCUT2D eigenvalue weighted by Crippen LogP contribution is -2.25. The Balaban J connectivity index is 1.02. The standard InChI is InChI=1S/C62H53N5O/c1-39-31-42(32-40(2)64-39)43-33-45(36-47(34-43)68-46-25-26-50-49-19-12-14-22-54(49)67(57(50)37-46)58-35-44(29-30-63-58)61(3,4)5)65-38-66(56-24-16-15-23-55(56)65)60-48(41-17-9-8-10-18-41)27-28-53-59(60)51-20-11-13-21-52(51)62(53,6)7/h8-37H,38H2,1-7H3. The molecular formula is C62H53N5O. The van der Waals surface area contributed by atoms with Crippen LogP contribution in [0.2, 0.25) is 0 Å². The normalized spacial score (nSPS) is 13.8. The molecule has 6 nitrogen and oxygen atoms in total. The van der Waals surface area contributed by atoms with E-state index in [2.05, 4.69) is 239 Å². The van der Waals surface area contributed by atoms with E-state index in [-0.39, 0.29) is 10.8 Å². The van der Waals surface area contributed by atoms with Gasteiger partial charge in [0.15, 0.2) is 0 Å². The van der Waals surface area contributed by atoms with Gasteiger partial charge in [0.05, 0.1) is 28.1 Å². The molecule has 68 heavy (non-hydrogen) atoms. The number of nitrogens with zero attached hydrogens (tertiary/aromatic N) is 5. The van der Waals surface area contributed by atoms with Gasteiger partial charge in [0.2, 0.25) is 0 Å². The summed E-state index contributed by atoms with van der Waals surface area (Å²) < 4.78 is 9.36. The first-order valence-electron chi connectivity index (χ1n) is 23.7. The van der Waals surface area contributed by atoms with Crippen molar-refractivity contribution in [3.05, 3.63) is 210 Å². The summed E-state index contributed by atoms with van der Waals surface area (Å²) in [5, 5.41) is 2.32. The average molecular weight is 884 g/mol. The quantitative estimate of drug-likeness (QED) is 0.160. The minimum Gasteiger partial charge on any atom is -0.457 e. The number of hydrogen-bond acceptors (Lipinski definition) is 5. The summed E-state index contributed by atoms with van der Waals surface area (Å²) in [5.41, 5.74) is 19.6. The van der Waals surface area contributed by atoms with E-state index in [9.17, 15) is 0 Å². The molecule has 0 saturated heterocycles. The molecule has 3 aromatic heterocycles. The molecule has 1 aliphatic heterocycles. The number of rotatable bonds is 7. The zero-order valence-electron chi connectivity index (χ0n) is 39.7. The highest BCUT2D eigenvalue weighted by atomic mass is 16.5. The number of hydrogen-bond donors (Lipinski definition) is 0. The summed E-state index contributed by atoms with van der Waals surface area (Å²) in [4.78, 5) is 14.7. The SMILES string of the molecule is Cc1cc(-c2cc(Oc3ccc4c5ccccc5n(-c5cc(C(C)(C)C)ccn5)c4c3)cc(N3CN(c4c(-c5ccccc5)ccc5c4-c4ccccc4C5(C)C)c4ccccc43)c2)cc(C)n1. The molecule has 10 aromatic rings. The van der Waals surface area contributed by atoms with Crippen molar-refractivity contribution in [2.45, 2.75) is 59.3 Å². The molecule has 2 aliphatic rings. The fraction of sp³-hybridized carbons (Fsp3) is 0.161. The highest BCUT2D eigenvalue weighted by Crippen LogP contribution is 2.58. The molecule has 6 heteroatoms. The minimum absolute atomic E-state index is 0.0279. The number of pyridine rings is 2. The summed E-state index contributed by atoms with van der Waals surface area (Å²) >= 11 is 0. The molecule has 12 rings (SSSR count). The molecular weight excluding hydrogens is 831 g/mol. The third-order valence-electron chi connectivity index (χ3n) is 14.2. The Morgan fingerprint density at radius 3 is 2.03 bits per heavy atom. The Labute approximate surface area is 398 Å². The van der Waals surface area contributed by atoms with Gasteiger partial charge in [0.25, 0.3) is 0 Å². The molecule has 0 spiro atoms.